The van der Waals surface area contributed by atoms with Crippen molar-refractivity contribution in [2.75, 3.05) is 18.9 Å². The van der Waals surface area contributed by atoms with Crippen LogP contribution in [-0.2, 0) is 14.8 Å². The fourth-order valence-electron chi connectivity index (χ4n) is 2.60. The fraction of sp³-hybridized carbons (Fsp3) is 0.421. The first kappa shape index (κ1) is 21.9. The number of likely N-dealkylation sites (N-methyl/N-ethyl adjacent to an activating group) is 1. The Kier molecular flexibility index (Phi) is 7.08. The van der Waals surface area contributed by atoms with Crippen LogP contribution in [0.5, 0.6) is 0 Å². The number of anilines is 1. The second-order valence-electron chi connectivity index (χ2n) is 7.02. The van der Waals surface area contributed by atoms with Crippen LogP contribution >= 0.6 is 22.9 Å². The molecule has 5 nitrogen and oxygen atoms in total. The van der Waals surface area contributed by atoms with Gasteiger partial charge in [0.2, 0.25) is 5.91 Å². The average molecular weight is 429 g/mol. The average Bonchev–Trinajstić information content (AvgIpc) is 3.01. The van der Waals surface area contributed by atoms with Crippen LogP contribution in [0.15, 0.2) is 34.5 Å². The van der Waals surface area contributed by atoms with Gasteiger partial charge in [0.05, 0.1) is 10.9 Å². The van der Waals surface area contributed by atoms with Crippen molar-refractivity contribution in [1.82, 2.24) is 4.31 Å². The molecule has 1 N–H and O–H groups in total. The Morgan fingerprint density at radius 2 is 1.81 bits per heavy atom. The van der Waals surface area contributed by atoms with Crippen molar-refractivity contribution in [2.24, 2.45) is 0 Å². The summed E-state index contributed by atoms with van der Waals surface area (Å²) in [4.78, 5) is 12.5. The molecule has 0 fully saturated rings. The maximum Gasteiger partial charge on any atom is 0.252 e. The Morgan fingerprint density at radius 1 is 1.15 bits per heavy atom. The molecule has 0 aliphatic rings. The van der Waals surface area contributed by atoms with Gasteiger partial charge in [-0.25, -0.2) is 8.42 Å². The van der Waals surface area contributed by atoms with Gasteiger partial charge in [-0.15, -0.1) is 11.3 Å². The number of carbonyl (C=O) groups excluding carboxylic acids is 1. The molecule has 0 bridgehead atoms. The molecule has 0 spiro atoms. The van der Waals surface area contributed by atoms with Crippen molar-refractivity contribution in [3.8, 4) is 0 Å². The van der Waals surface area contributed by atoms with E-state index < -0.39 is 10.0 Å². The summed E-state index contributed by atoms with van der Waals surface area (Å²) in [7, 11) is -2.36. The van der Waals surface area contributed by atoms with E-state index in [0.29, 0.717) is 15.9 Å². The second-order valence-corrected chi connectivity index (χ2v) is 11.0. The monoisotopic (exact) mass is 428 g/mol. The van der Waals surface area contributed by atoms with Crippen molar-refractivity contribution >= 4 is 44.6 Å². The van der Waals surface area contributed by atoms with Crippen molar-refractivity contribution < 1.29 is 13.2 Å². The van der Waals surface area contributed by atoms with E-state index in [2.05, 4.69) is 39.1 Å². The third-order valence-electron chi connectivity index (χ3n) is 4.22. The predicted octanol–water partition coefficient (Wildman–Crippen LogP) is 4.91. The molecule has 2 aromatic rings. The molecule has 0 atom stereocenters. The molecule has 1 aromatic heterocycles. The highest BCUT2D eigenvalue weighted by Crippen LogP contribution is 2.29. The second kappa shape index (κ2) is 8.73. The number of carbonyl (C=O) groups is 1. The highest BCUT2D eigenvalue weighted by Gasteiger charge is 2.25. The molecule has 8 heteroatoms. The molecular weight excluding hydrogens is 404 g/mol. The highest BCUT2D eigenvalue weighted by molar-refractivity contribution is 7.91. The molecule has 0 aliphatic heterocycles. The first-order valence-corrected chi connectivity index (χ1v) is 11.3. The number of sulfonamides is 1. The number of rotatable bonds is 7. The normalized spacial score (nSPS) is 12.2. The van der Waals surface area contributed by atoms with Gasteiger partial charge in [-0.05, 0) is 41.2 Å². The summed E-state index contributed by atoms with van der Waals surface area (Å²) in [5.41, 5.74) is 2.94. The van der Waals surface area contributed by atoms with Gasteiger partial charge >= 0.3 is 0 Å². The van der Waals surface area contributed by atoms with Crippen LogP contribution in [0, 0.1) is 0 Å². The van der Waals surface area contributed by atoms with Gasteiger partial charge in [0.15, 0.2) is 0 Å². The van der Waals surface area contributed by atoms with Gasteiger partial charge < -0.3 is 5.32 Å². The minimum Gasteiger partial charge on any atom is -0.325 e. The lowest BCUT2D eigenvalue weighted by Crippen LogP contribution is -2.34. The summed E-state index contributed by atoms with van der Waals surface area (Å²) in [6, 6.07) is 8.94. The lowest BCUT2D eigenvalue weighted by atomic mass is 9.94. The van der Waals surface area contributed by atoms with Crippen molar-refractivity contribution in [3.63, 3.8) is 0 Å². The van der Waals surface area contributed by atoms with E-state index >= 15 is 0 Å². The van der Waals surface area contributed by atoms with Crippen LogP contribution in [0.3, 0.4) is 0 Å². The van der Waals surface area contributed by atoms with E-state index in [1.54, 1.807) is 0 Å². The molecule has 0 radical (unpaired) electrons. The lowest BCUT2D eigenvalue weighted by molar-refractivity contribution is -0.116. The molecule has 1 amide bonds. The zero-order valence-electron chi connectivity index (χ0n) is 16.1. The number of halogens is 1. The Labute approximate surface area is 170 Å². The largest absolute Gasteiger partial charge is 0.325 e. The maximum atomic E-state index is 12.5. The smallest absolute Gasteiger partial charge is 0.252 e. The first-order chi connectivity index (χ1) is 12.5. The Morgan fingerprint density at radius 3 is 2.33 bits per heavy atom. The minimum atomic E-state index is -3.74. The zero-order chi connectivity index (χ0) is 20.4. The number of thiophene rings is 1. The summed E-state index contributed by atoms with van der Waals surface area (Å²) >= 11 is 6.79. The van der Waals surface area contributed by atoms with Crippen LogP contribution in [-0.4, -0.2) is 32.2 Å². The number of nitrogens with one attached hydrogen (secondary N) is 1. The number of benzene rings is 1. The Bertz CT molecular complexity index is 921. The highest BCUT2D eigenvalue weighted by atomic mass is 35.5. The van der Waals surface area contributed by atoms with Crippen LogP contribution in [0.25, 0.3) is 0 Å². The van der Waals surface area contributed by atoms with Gasteiger partial charge in [0.1, 0.15) is 4.21 Å². The number of nitrogens with zero attached hydrogens (tertiary/aromatic N) is 1. The molecule has 0 unspecified atom stereocenters. The topological polar surface area (TPSA) is 66.5 Å². The molecular formula is C19H25ClN2O3S2. The summed E-state index contributed by atoms with van der Waals surface area (Å²) in [6.45, 7) is 8.09. The van der Waals surface area contributed by atoms with Crippen molar-refractivity contribution in [2.45, 2.75) is 43.7 Å². The summed E-state index contributed by atoms with van der Waals surface area (Å²) < 4.78 is 26.6. The van der Waals surface area contributed by atoms with E-state index in [0.717, 1.165) is 21.2 Å². The molecule has 0 saturated heterocycles. The van der Waals surface area contributed by atoms with E-state index in [4.69, 9.17) is 11.6 Å². The van der Waals surface area contributed by atoms with Crippen molar-refractivity contribution in [1.29, 1.82) is 0 Å². The van der Waals surface area contributed by atoms with E-state index in [1.807, 2.05) is 12.1 Å². The van der Waals surface area contributed by atoms with Crippen LogP contribution in [0.1, 0.15) is 50.7 Å². The maximum absolute atomic E-state index is 12.5. The minimum absolute atomic E-state index is 0.118. The summed E-state index contributed by atoms with van der Waals surface area (Å²) in [6.07, 6.45) is 0. The molecule has 27 heavy (non-hydrogen) atoms. The number of hydrogen-bond donors (Lipinski definition) is 1. The van der Waals surface area contributed by atoms with Gasteiger partial charge in [-0.2, -0.15) is 4.31 Å². The van der Waals surface area contributed by atoms with E-state index in [1.165, 1.54) is 24.7 Å². The standard InChI is InChI=1S/C19H25ClN2O3S2/c1-12(2)14-6-7-16(15(10-14)13(3)4)21-18(23)11-22(5)27(24,25)19-9-8-17(20)26-19/h6-10,12-13H,11H2,1-5H3,(H,21,23). The van der Waals surface area contributed by atoms with Gasteiger partial charge in [0, 0.05) is 12.7 Å². The number of amides is 1. The SMILES string of the molecule is CC(C)c1ccc(NC(=O)CN(C)S(=O)(=O)c2ccc(Cl)s2)c(C(C)C)c1. The van der Waals surface area contributed by atoms with Crippen molar-refractivity contribution in [3.05, 3.63) is 45.8 Å². The van der Waals surface area contributed by atoms with Crippen LogP contribution in [0.2, 0.25) is 4.34 Å². The third-order valence-corrected chi connectivity index (χ3v) is 7.72. The number of hydrogen-bond acceptors (Lipinski definition) is 4. The van der Waals surface area contributed by atoms with E-state index in [-0.39, 0.29) is 22.6 Å². The Balaban J connectivity index is 2.15. The lowest BCUT2D eigenvalue weighted by Gasteiger charge is -2.19. The zero-order valence-corrected chi connectivity index (χ0v) is 18.5. The molecule has 0 aliphatic carbocycles. The van der Waals surface area contributed by atoms with Gasteiger partial charge in [-0.1, -0.05) is 51.4 Å². The molecule has 0 saturated carbocycles. The van der Waals surface area contributed by atoms with E-state index in [9.17, 15) is 13.2 Å². The molecule has 2 rings (SSSR count). The Hall–Kier alpha value is -1.41. The summed E-state index contributed by atoms with van der Waals surface area (Å²) in [5, 5.41) is 2.85. The molecule has 1 aromatic carbocycles. The van der Waals surface area contributed by atoms with Gasteiger partial charge in [-0.3, -0.25) is 4.79 Å². The quantitative estimate of drug-likeness (QED) is 0.681. The van der Waals surface area contributed by atoms with Gasteiger partial charge in [0.25, 0.3) is 10.0 Å². The first-order valence-electron chi connectivity index (χ1n) is 8.67. The predicted molar refractivity (Wildman–Crippen MR) is 112 cm³/mol. The molecule has 148 valence electrons. The van der Waals surface area contributed by atoms with Crippen LogP contribution < -0.4 is 5.32 Å². The fourth-order valence-corrected chi connectivity index (χ4v) is 5.42. The molecule has 1 heterocycles. The van der Waals surface area contributed by atoms with Crippen LogP contribution in [0.4, 0.5) is 5.69 Å². The third kappa shape index (κ3) is 5.31. The summed E-state index contributed by atoms with van der Waals surface area (Å²) in [5.74, 6) is 0.234.